The Labute approximate surface area is 143 Å². The van der Waals surface area contributed by atoms with Gasteiger partial charge in [-0.05, 0) is 18.2 Å². The molecule has 1 aliphatic heterocycles. The lowest BCUT2D eigenvalue weighted by atomic mass is 10.1. The fraction of sp³-hybridized carbons (Fsp3) is 0.167. The number of carbonyl (C=O) groups is 2. The highest BCUT2D eigenvalue weighted by Gasteiger charge is 2.27. The van der Waals surface area contributed by atoms with Gasteiger partial charge in [-0.15, -0.1) is 0 Å². The number of amides is 1. The number of benzene rings is 2. The highest BCUT2D eigenvalue weighted by atomic mass is 16.5. The molecule has 2 N–H and O–H groups in total. The summed E-state index contributed by atoms with van der Waals surface area (Å²) in [7, 11) is 0. The van der Waals surface area contributed by atoms with Crippen LogP contribution < -0.4 is 5.48 Å². The highest BCUT2D eigenvalue weighted by molar-refractivity contribution is 5.99. The van der Waals surface area contributed by atoms with Crippen LogP contribution in [0.1, 0.15) is 21.5 Å². The molecule has 1 atom stereocenters. The summed E-state index contributed by atoms with van der Waals surface area (Å²) in [5.74, 6) is -0.787. The molecular formula is C18H16N2O5. The molecule has 128 valence electrons. The minimum absolute atomic E-state index is 0.0415. The Morgan fingerprint density at radius 1 is 1.16 bits per heavy atom. The SMILES string of the molecule is O=C(OCc1ccccc1C1=N[C@@H](C(=O)NO)CO1)c1ccccc1. The molecular weight excluding hydrogens is 324 g/mol. The van der Waals surface area contributed by atoms with Crippen LogP contribution in [0.3, 0.4) is 0 Å². The maximum absolute atomic E-state index is 12.1. The topological polar surface area (TPSA) is 97.2 Å². The quantitative estimate of drug-likeness (QED) is 0.490. The Bertz CT molecular complexity index is 804. The van der Waals surface area contributed by atoms with Gasteiger partial charge in [-0.25, -0.2) is 15.3 Å². The molecule has 1 amide bonds. The highest BCUT2D eigenvalue weighted by Crippen LogP contribution is 2.18. The van der Waals surface area contributed by atoms with Gasteiger partial charge < -0.3 is 9.47 Å². The Morgan fingerprint density at radius 3 is 2.64 bits per heavy atom. The van der Waals surface area contributed by atoms with E-state index in [1.165, 1.54) is 0 Å². The first-order valence-corrected chi connectivity index (χ1v) is 7.64. The summed E-state index contributed by atoms with van der Waals surface area (Å²) in [5, 5.41) is 8.68. The molecule has 7 nitrogen and oxygen atoms in total. The molecule has 0 bridgehead atoms. The van der Waals surface area contributed by atoms with Crippen LogP contribution in [0.25, 0.3) is 0 Å². The molecule has 1 aliphatic rings. The van der Waals surface area contributed by atoms with Gasteiger partial charge in [0.1, 0.15) is 13.2 Å². The largest absolute Gasteiger partial charge is 0.475 e. The van der Waals surface area contributed by atoms with Crippen molar-refractivity contribution in [2.75, 3.05) is 6.61 Å². The van der Waals surface area contributed by atoms with Crippen molar-refractivity contribution >= 4 is 17.8 Å². The maximum atomic E-state index is 12.1. The number of nitrogens with one attached hydrogen (secondary N) is 1. The summed E-state index contributed by atoms with van der Waals surface area (Å²) in [6.07, 6.45) is 0. The minimum atomic E-state index is -0.806. The van der Waals surface area contributed by atoms with Crippen molar-refractivity contribution in [3.8, 4) is 0 Å². The van der Waals surface area contributed by atoms with Gasteiger partial charge >= 0.3 is 5.97 Å². The molecule has 0 saturated carbocycles. The molecule has 3 rings (SSSR count). The van der Waals surface area contributed by atoms with Gasteiger partial charge in [0.05, 0.1) is 5.56 Å². The second-order valence-electron chi connectivity index (χ2n) is 5.34. The zero-order chi connectivity index (χ0) is 17.6. The predicted octanol–water partition coefficient (Wildman–Crippen LogP) is 1.69. The van der Waals surface area contributed by atoms with Gasteiger partial charge in [-0.3, -0.25) is 10.0 Å². The van der Waals surface area contributed by atoms with Crippen LogP contribution in [0.4, 0.5) is 0 Å². The smallest absolute Gasteiger partial charge is 0.338 e. The molecule has 7 heteroatoms. The number of hydrogen-bond donors (Lipinski definition) is 2. The van der Waals surface area contributed by atoms with Crippen LogP contribution >= 0.6 is 0 Å². The Hall–Kier alpha value is -3.19. The molecule has 2 aromatic rings. The van der Waals surface area contributed by atoms with Gasteiger partial charge in [0.2, 0.25) is 5.90 Å². The zero-order valence-corrected chi connectivity index (χ0v) is 13.2. The molecule has 0 aromatic heterocycles. The van der Waals surface area contributed by atoms with Crippen LogP contribution in [-0.4, -0.2) is 35.6 Å². The number of aliphatic imine (C=N–C) groups is 1. The average Bonchev–Trinajstić information content (AvgIpc) is 3.16. The van der Waals surface area contributed by atoms with Crippen molar-refractivity contribution in [1.82, 2.24) is 5.48 Å². The number of hydrogen-bond acceptors (Lipinski definition) is 6. The summed E-state index contributed by atoms with van der Waals surface area (Å²) >= 11 is 0. The van der Waals surface area contributed by atoms with Gasteiger partial charge in [0, 0.05) is 11.1 Å². The third-order valence-electron chi connectivity index (χ3n) is 3.68. The molecule has 0 radical (unpaired) electrons. The molecule has 2 aromatic carbocycles. The van der Waals surface area contributed by atoms with Crippen LogP contribution in [0.2, 0.25) is 0 Å². The monoisotopic (exact) mass is 340 g/mol. The van der Waals surface area contributed by atoms with Crippen molar-refractivity contribution in [3.05, 3.63) is 71.3 Å². The van der Waals surface area contributed by atoms with Gasteiger partial charge in [-0.2, -0.15) is 0 Å². The molecule has 0 unspecified atom stereocenters. The van der Waals surface area contributed by atoms with Gasteiger partial charge in [0.25, 0.3) is 5.91 Å². The first kappa shape index (κ1) is 16.7. The van der Waals surface area contributed by atoms with Crippen LogP contribution in [0.15, 0.2) is 59.6 Å². The number of rotatable bonds is 5. The lowest BCUT2D eigenvalue weighted by Gasteiger charge is -2.10. The van der Waals surface area contributed by atoms with Crippen molar-refractivity contribution < 1.29 is 24.3 Å². The van der Waals surface area contributed by atoms with E-state index >= 15 is 0 Å². The van der Waals surface area contributed by atoms with E-state index in [1.807, 2.05) is 12.1 Å². The molecule has 0 fully saturated rings. The molecule has 0 spiro atoms. The maximum Gasteiger partial charge on any atom is 0.338 e. The third-order valence-corrected chi connectivity index (χ3v) is 3.68. The Kier molecular flexibility index (Phi) is 5.06. The number of hydroxylamine groups is 1. The molecule has 1 heterocycles. The first-order chi connectivity index (χ1) is 12.2. The summed E-state index contributed by atoms with van der Waals surface area (Å²) in [4.78, 5) is 27.7. The molecule has 25 heavy (non-hydrogen) atoms. The second kappa shape index (κ2) is 7.59. The fourth-order valence-electron chi connectivity index (χ4n) is 2.39. The van der Waals surface area contributed by atoms with Crippen LogP contribution in [-0.2, 0) is 20.9 Å². The first-order valence-electron chi connectivity index (χ1n) is 7.64. The standard InChI is InChI=1S/C18H16N2O5/c21-16(20-23)15-11-24-17(19-15)14-9-5-4-8-13(14)10-25-18(22)12-6-2-1-3-7-12/h1-9,15,23H,10-11H2,(H,20,21)/t15-/m1/s1. The van der Waals surface area contributed by atoms with E-state index in [9.17, 15) is 9.59 Å². The van der Waals surface area contributed by atoms with Crippen molar-refractivity contribution in [2.24, 2.45) is 4.99 Å². The predicted molar refractivity (Wildman–Crippen MR) is 88.2 cm³/mol. The van der Waals surface area contributed by atoms with Gasteiger partial charge in [-0.1, -0.05) is 36.4 Å². The van der Waals surface area contributed by atoms with E-state index in [4.69, 9.17) is 14.7 Å². The average molecular weight is 340 g/mol. The number of ether oxygens (including phenoxy) is 2. The van der Waals surface area contributed by atoms with E-state index in [1.54, 1.807) is 47.9 Å². The van der Waals surface area contributed by atoms with E-state index in [2.05, 4.69) is 4.99 Å². The van der Waals surface area contributed by atoms with Crippen molar-refractivity contribution in [3.63, 3.8) is 0 Å². The summed E-state index contributed by atoms with van der Waals surface area (Å²) in [6, 6.07) is 15.1. The number of esters is 1. The zero-order valence-electron chi connectivity index (χ0n) is 13.2. The van der Waals surface area contributed by atoms with Gasteiger partial charge in [0.15, 0.2) is 6.04 Å². The summed E-state index contributed by atoms with van der Waals surface area (Å²) < 4.78 is 10.8. The molecule has 0 aliphatic carbocycles. The van der Waals surface area contributed by atoms with Crippen LogP contribution in [0, 0.1) is 0 Å². The van der Waals surface area contributed by atoms with E-state index in [0.717, 1.165) is 0 Å². The van der Waals surface area contributed by atoms with E-state index in [-0.39, 0.29) is 19.1 Å². The van der Waals surface area contributed by atoms with Crippen molar-refractivity contribution in [2.45, 2.75) is 12.6 Å². The second-order valence-corrected chi connectivity index (χ2v) is 5.34. The number of nitrogens with zero attached hydrogens (tertiary/aromatic N) is 1. The summed E-state index contributed by atoms with van der Waals surface area (Å²) in [5.41, 5.74) is 3.36. The minimum Gasteiger partial charge on any atom is -0.475 e. The lowest BCUT2D eigenvalue weighted by molar-refractivity contribution is -0.130. The molecule has 0 saturated heterocycles. The lowest BCUT2D eigenvalue weighted by Crippen LogP contribution is -2.31. The number of carbonyl (C=O) groups excluding carboxylic acids is 2. The third kappa shape index (κ3) is 3.84. The van der Waals surface area contributed by atoms with E-state index in [0.29, 0.717) is 16.7 Å². The van der Waals surface area contributed by atoms with E-state index < -0.39 is 17.9 Å². The Balaban J connectivity index is 1.74. The summed E-state index contributed by atoms with van der Waals surface area (Å²) in [6.45, 7) is 0.0863. The fourth-order valence-corrected chi connectivity index (χ4v) is 2.39. The van der Waals surface area contributed by atoms with Crippen LogP contribution in [0.5, 0.6) is 0 Å². The Morgan fingerprint density at radius 2 is 1.88 bits per heavy atom. The van der Waals surface area contributed by atoms with Crippen molar-refractivity contribution in [1.29, 1.82) is 0 Å². The normalized spacial score (nSPS) is 15.9.